The second-order valence-corrected chi connectivity index (χ2v) is 6.77. The summed E-state index contributed by atoms with van der Waals surface area (Å²) in [5.41, 5.74) is 3.19. The Morgan fingerprint density at radius 1 is 1.31 bits per heavy atom. The zero-order valence-corrected chi connectivity index (χ0v) is 16.6. The number of alkyl halides is 2. The van der Waals surface area contributed by atoms with Crippen molar-refractivity contribution in [3.63, 3.8) is 0 Å². The quantitative estimate of drug-likeness (QED) is 0.537. The second-order valence-electron chi connectivity index (χ2n) is 6.39. The summed E-state index contributed by atoms with van der Waals surface area (Å²) < 4.78 is 30.5. The van der Waals surface area contributed by atoms with Crippen molar-refractivity contribution in [3.05, 3.63) is 52.4 Å². The first-order valence-electron chi connectivity index (χ1n) is 8.93. The normalized spacial score (nSPS) is 11.1. The van der Waals surface area contributed by atoms with Crippen molar-refractivity contribution in [1.82, 2.24) is 25.3 Å². The summed E-state index contributed by atoms with van der Waals surface area (Å²) in [6, 6.07) is 7.62. The number of carbonyl (C=O) groups is 1. The Morgan fingerprint density at radius 3 is 2.66 bits per heavy atom. The standard InChI is InChI=1S/C19H20ClF2N5O2/c1-11-17(20)12(2)27(26-11)9-3-8-23-18(28)16-10-15(24-25-16)13-4-6-14(7-5-13)29-19(21)22/h4-7,10,19H,3,8-9H2,1-2H3,(H,23,28)(H,24,25). The molecule has 0 atom stereocenters. The van der Waals surface area contributed by atoms with E-state index in [9.17, 15) is 13.6 Å². The van der Waals surface area contributed by atoms with Gasteiger partial charge >= 0.3 is 6.61 Å². The van der Waals surface area contributed by atoms with Crippen LogP contribution in [0.25, 0.3) is 11.3 Å². The van der Waals surface area contributed by atoms with E-state index in [1.807, 2.05) is 18.5 Å². The molecule has 10 heteroatoms. The third-order valence-corrected chi connectivity index (χ3v) is 4.87. The summed E-state index contributed by atoms with van der Waals surface area (Å²) in [4.78, 5) is 12.3. The molecule has 0 aliphatic heterocycles. The third-order valence-electron chi connectivity index (χ3n) is 4.32. The van der Waals surface area contributed by atoms with Crippen LogP contribution in [0, 0.1) is 13.8 Å². The highest BCUT2D eigenvalue weighted by molar-refractivity contribution is 6.31. The summed E-state index contributed by atoms with van der Waals surface area (Å²) in [5, 5.41) is 14.6. The Kier molecular flexibility index (Phi) is 6.48. The van der Waals surface area contributed by atoms with E-state index in [0.717, 1.165) is 11.4 Å². The molecule has 0 aliphatic carbocycles. The molecule has 3 aromatic rings. The molecular formula is C19H20ClF2N5O2. The van der Waals surface area contributed by atoms with Gasteiger partial charge in [-0.25, -0.2) is 0 Å². The van der Waals surface area contributed by atoms with Crippen LogP contribution in [0.4, 0.5) is 8.78 Å². The van der Waals surface area contributed by atoms with E-state index in [1.54, 1.807) is 18.2 Å². The van der Waals surface area contributed by atoms with Gasteiger partial charge in [0.2, 0.25) is 0 Å². The molecule has 0 fully saturated rings. The van der Waals surface area contributed by atoms with Gasteiger partial charge in [0, 0.05) is 18.7 Å². The molecule has 0 spiro atoms. The summed E-state index contributed by atoms with van der Waals surface area (Å²) in [6.45, 7) is 1.98. The number of rotatable bonds is 8. The molecule has 2 heterocycles. The number of aromatic nitrogens is 4. The van der Waals surface area contributed by atoms with Crippen LogP contribution in [-0.4, -0.2) is 39.0 Å². The van der Waals surface area contributed by atoms with E-state index < -0.39 is 6.61 Å². The Balaban J connectivity index is 1.52. The fourth-order valence-corrected chi connectivity index (χ4v) is 2.95. The largest absolute Gasteiger partial charge is 0.435 e. The van der Waals surface area contributed by atoms with Crippen molar-refractivity contribution < 1.29 is 18.3 Å². The lowest BCUT2D eigenvalue weighted by molar-refractivity contribution is -0.0498. The number of hydrogen-bond acceptors (Lipinski definition) is 4. The van der Waals surface area contributed by atoms with Crippen LogP contribution in [0.2, 0.25) is 5.02 Å². The maximum absolute atomic E-state index is 12.3. The number of aromatic amines is 1. The molecule has 2 aromatic heterocycles. The maximum atomic E-state index is 12.3. The van der Waals surface area contributed by atoms with E-state index in [-0.39, 0.29) is 11.7 Å². The predicted octanol–water partition coefficient (Wildman–Crippen LogP) is 3.96. The molecule has 29 heavy (non-hydrogen) atoms. The van der Waals surface area contributed by atoms with Crippen molar-refractivity contribution in [2.45, 2.75) is 33.4 Å². The minimum Gasteiger partial charge on any atom is -0.435 e. The second kappa shape index (κ2) is 9.04. The zero-order chi connectivity index (χ0) is 21.0. The number of H-pyrrole nitrogens is 1. The molecule has 1 aromatic carbocycles. The van der Waals surface area contributed by atoms with Gasteiger partial charge in [0.15, 0.2) is 0 Å². The Bertz CT molecular complexity index is 985. The van der Waals surface area contributed by atoms with Crippen LogP contribution in [0.3, 0.4) is 0 Å². The number of aryl methyl sites for hydroxylation is 2. The first-order valence-corrected chi connectivity index (χ1v) is 9.31. The van der Waals surface area contributed by atoms with Gasteiger partial charge in [0.25, 0.3) is 5.91 Å². The van der Waals surface area contributed by atoms with E-state index >= 15 is 0 Å². The van der Waals surface area contributed by atoms with Crippen LogP contribution in [0.1, 0.15) is 28.3 Å². The lowest BCUT2D eigenvalue weighted by Gasteiger charge is -2.06. The number of hydrogen-bond donors (Lipinski definition) is 2. The van der Waals surface area contributed by atoms with Gasteiger partial charge in [-0.05, 0) is 50.6 Å². The molecule has 0 saturated heterocycles. The van der Waals surface area contributed by atoms with Gasteiger partial charge in [0.1, 0.15) is 11.4 Å². The summed E-state index contributed by atoms with van der Waals surface area (Å²) in [5.74, 6) is -0.228. The van der Waals surface area contributed by atoms with Crippen LogP contribution >= 0.6 is 11.6 Å². The smallest absolute Gasteiger partial charge is 0.387 e. The number of carbonyl (C=O) groups excluding carboxylic acids is 1. The summed E-state index contributed by atoms with van der Waals surface area (Å²) in [6.07, 6.45) is 0.691. The topological polar surface area (TPSA) is 84.8 Å². The van der Waals surface area contributed by atoms with Crippen LogP contribution < -0.4 is 10.1 Å². The first-order chi connectivity index (χ1) is 13.8. The average molecular weight is 424 g/mol. The highest BCUT2D eigenvalue weighted by Crippen LogP contribution is 2.22. The molecule has 0 bridgehead atoms. The lowest BCUT2D eigenvalue weighted by Crippen LogP contribution is -2.25. The van der Waals surface area contributed by atoms with Gasteiger partial charge in [-0.2, -0.15) is 19.0 Å². The number of nitrogens with one attached hydrogen (secondary N) is 2. The van der Waals surface area contributed by atoms with Crippen molar-refractivity contribution in [3.8, 4) is 17.0 Å². The summed E-state index contributed by atoms with van der Waals surface area (Å²) in [7, 11) is 0. The van der Waals surface area contributed by atoms with Crippen LogP contribution in [0.5, 0.6) is 5.75 Å². The Labute approximate surface area is 171 Å². The van der Waals surface area contributed by atoms with Crippen molar-refractivity contribution in [2.75, 3.05) is 6.54 Å². The Morgan fingerprint density at radius 2 is 2.03 bits per heavy atom. The maximum Gasteiger partial charge on any atom is 0.387 e. The molecule has 2 N–H and O–H groups in total. The molecule has 0 radical (unpaired) electrons. The number of nitrogens with zero attached hydrogens (tertiary/aromatic N) is 3. The SMILES string of the molecule is Cc1nn(CCCNC(=O)c2cc(-c3ccc(OC(F)F)cc3)n[nH]2)c(C)c1Cl. The molecule has 3 rings (SSSR count). The van der Waals surface area contributed by atoms with E-state index in [0.29, 0.717) is 41.5 Å². The van der Waals surface area contributed by atoms with Gasteiger partial charge in [-0.3, -0.25) is 14.6 Å². The third kappa shape index (κ3) is 5.11. The predicted molar refractivity (Wildman–Crippen MR) is 104 cm³/mol. The van der Waals surface area contributed by atoms with Crippen molar-refractivity contribution >= 4 is 17.5 Å². The molecule has 7 nitrogen and oxygen atoms in total. The monoisotopic (exact) mass is 423 g/mol. The minimum absolute atomic E-state index is 0.0566. The van der Waals surface area contributed by atoms with Crippen LogP contribution in [0.15, 0.2) is 30.3 Å². The first kappa shape index (κ1) is 20.8. The Hall–Kier alpha value is -2.94. The van der Waals surface area contributed by atoms with Crippen molar-refractivity contribution in [1.29, 1.82) is 0 Å². The molecule has 0 saturated carbocycles. The van der Waals surface area contributed by atoms with E-state index in [1.165, 1.54) is 12.1 Å². The van der Waals surface area contributed by atoms with Gasteiger partial charge in [-0.1, -0.05) is 11.6 Å². The fourth-order valence-electron chi connectivity index (χ4n) is 2.81. The van der Waals surface area contributed by atoms with Gasteiger partial charge in [0.05, 0.1) is 22.1 Å². The average Bonchev–Trinajstić information content (AvgIpc) is 3.27. The lowest BCUT2D eigenvalue weighted by atomic mass is 10.1. The van der Waals surface area contributed by atoms with E-state index in [4.69, 9.17) is 11.6 Å². The number of ether oxygens (including phenoxy) is 1. The number of halogens is 3. The van der Waals surface area contributed by atoms with Gasteiger partial charge < -0.3 is 10.1 Å². The molecule has 0 unspecified atom stereocenters. The van der Waals surface area contributed by atoms with Gasteiger partial charge in [-0.15, -0.1) is 0 Å². The highest BCUT2D eigenvalue weighted by Gasteiger charge is 2.12. The van der Waals surface area contributed by atoms with Crippen LogP contribution in [-0.2, 0) is 6.54 Å². The minimum atomic E-state index is -2.88. The fraction of sp³-hybridized carbons (Fsp3) is 0.316. The van der Waals surface area contributed by atoms with Crippen molar-refractivity contribution in [2.24, 2.45) is 0 Å². The van der Waals surface area contributed by atoms with E-state index in [2.05, 4.69) is 25.3 Å². The number of benzene rings is 1. The molecular weight excluding hydrogens is 404 g/mol. The zero-order valence-electron chi connectivity index (χ0n) is 15.9. The molecule has 1 amide bonds. The molecule has 0 aliphatic rings. The highest BCUT2D eigenvalue weighted by atomic mass is 35.5. The summed E-state index contributed by atoms with van der Waals surface area (Å²) >= 11 is 6.12. The number of amides is 1. The molecule has 154 valence electrons.